The van der Waals surface area contributed by atoms with Gasteiger partial charge in [-0.3, -0.25) is 18.6 Å². The normalized spacial score (nSPS) is 12.7. The van der Waals surface area contributed by atoms with Crippen molar-refractivity contribution in [1.29, 1.82) is 0 Å². The number of nitrogens with zero attached hydrogens (tertiary/aromatic N) is 4. The second-order valence-corrected chi connectivity index (χ2v) is 8.81. The number of aryl methyl sites for hydroxylation is 1. The fourth-order valence-electron chi connectivity index (χ4n) is 3.64. The number of carbonyl (C=O) groups excluding carboxylic acids is 1. The molecule has 30 heavy (non-hydrogen) atoms. The van der Waals surface area contributed by atoms with Crippen LogP contribution in [-0.2, 0) is 17.8 Å². The lowest BCUT2D eigenvalue weighted by Gasteiger charge is -2.14. The number of fused-ring (bicyclic) bond motifs is 3. The third kappa shape index (κ3) is 3.87. The minimum absolute atomic E-state index is 0.0328. The molecule has 156 valence electrons. The molecule has 0 aliphatic rings. The monoisotopic (exact) mass is 423 g/mol. The van der Waals surface area contributed by atoms with Crippen LogP contribution in [-0.4, -0.2) is 25.1 Å². The molecule has 1 amide bonds. The molecular formula is C22H25N5O2S. The van der Waals surface area contributed by atoms with E-state index < -0.39 is 0 Å². The minimum Gasteiger partial charge on any atom is -0.350 e. The van der Waals surface area contributed by atoms with Crippen molar-refractivity contribution in [1.82, 2.24) is 24.5 Å². The first-order valence-corrected chi connectivity index (χ1v) is 11.0. The standard InChI is InChI=1S/C22H25N5O2S/c1-14(2)13-26-21(29)20-17(11-12-30-20)27-18(24-25-22(26)27)9-10-19(28)23-15(3)16-7-5-4-6-8-16/h4-8,11-12,14-15H,9-10,13H2,1-3H3,(H,23,28)/t15-/m0/s1. The number of thiophene rings is 1. The zero-order valence-electron chi connectivity index (χ0n) is 17.3. The summed E-state index contributed by atoms with van der Waals surface area (Å²) in [6, 6.07) is 11.7. The predicted molar refractivity (Wildman–Crippen MR) is 119 cm³/mol. The number of hydrogen-bond donors (Lipinski definition) is 1. The molecule has 8 heteroatoms. The Kier molecular flexibility index (Phi) is 5.67. The van der Waals surface area contributed by atoms with E-state index in [1.807, 2.05) is 53.1 Å². The Morgan fingerprint density at radius 1 is 1.13 bits per heavy atom. The van der Waals surface area contributed by atoms with Gasteiger partial charge in [0.25, 0.3) is 5.56 Å². The highest BCUT2D eigenvalue weighted by Crippen LogP contribution is 2.21. The van der Waals surface area contributed by atoms with Gasteiger partial charge in [0, 0.05) is 19.4 Å². The Balaban J connectivity index is 1.59. The van der Waals surface area contributed by atoms with E-state index in [0.717, 1.165) is 11.1 Å². The fraction of sp³-hybridized carbons (Fsp3) is 0.364. The molecule has 0 fully saturated rings. The number of carbonyl (C=O) groups is 1. The molecule has 1 aromatic carbocycles. The molecule has 0 spiro atoms. The van der Waals surface area contributed by atoms with Gasteiger partial charge < -0.3 is 5.32 Å². The maximum atomic E-state index is 12.9. The van der Waals surface area contributed by atoms with Gasteiger partial charge >= 0.3 is 0 Å². The van der Waals surface area contributed by atoms with Crippen molar-refractivity contribution in [3.63, 3.8) is 0 Å². The third-order valence-corrected chi connectivity index (χ3v) is 5.97. The molecule has 1 N–H and O–H groups in total. The van der Waals surface area contributed by atoms with Crippen LogP contribution in [0.15, 0.2) is 46.6 Å². The Morgan fingerprint density at radius 2 is 1.90 bits per heavy atom. The van der Waals surface area contributed by atoms with Crippen molar-refractivity contribution in [2.75, 3.05) is 0 Å². The summed E-state index contributed by atoms with van der Waals surface area (Å²) in [5.74, 6) is 1.48. The molecule has 1 atom stereocenters. The molecule has 4 rings (SSSR count). The number of benzene rings is 1. The summed E-state index contributed by atoms with van der Waals surface area (Å²) in [7, 11) is 0. The number of nitrogens with one attached hydrogen (secondary N) is 1. The highest BCUT2D eigenvalue weighted by Gasteiger charge is 2.19. The van der Waals surface area contributed by atoms with Gasteiger partial charge in [0.2, 0.25) is 11.7 Å². The van der Waals surface area contributed by atoms with Gasteiger partial charge in [0.1, 0.15) is 10.5 Å². The van der Waals surface area contributed by atoms with E-state index >= 15 is 0 Å². The molecule has 0 aliphatic heterocycles. The summed E-state index contributed by atoms with van der Waals surface area (Å²) in [6.45, 7) is 6.68. The van der Waals surface area contributed by atoms with E-state index in [1.165, 1.54) is 11.3 Å². The molecule has 0 bridgehead atoms. The van der Waals surface area contributed by atoms with Gasteiger partial charge in [-0.05, 0) is 29.9 Å². The van der Waals surface area contributed by atoms with Crippen molar-refractivity contribution in [2.45, 2.75) is 46.2 Å². The van der Waals surface area contributed by atoms with E-state index in [9.17, 15) is 9.59 Å². The van der Waals surface area contributed by atoms with Crippen molar-refractivity contribution < 1.29 is 4.79 Å². The van der Waals surface area contributed by atoms with Crippen LogP contribution in [0.25, 0.3) is 16.0 Å². The summed E-state index contributed by atoms with van der Waals surface area (Å²) in [4.78, 5) is 25.4. The Labute approximate surface area is 178 Å². The molecular weight excluding hydrogens is 398 g/mol. The molecule has 0 unspecified atom stereocenters. The largest absolute Gasteiger partial charge is 0.350 e. The van der Waals surface area contributed by atoms with Crippen LogP contribution >= 0.6 is 11.3 Å². The molecule has 7 nitrogen and oxygen atoms in total. The summed E-state index contributed by atoms with van der Waals surface area (Å²) in [6.07, 6.45) is 0.742. The summed E-state index contributed by atoms with van der Waals surface area (Å²) in [5, 5.41) is 13.6. The van der Waals surface area contributed by atoms with Crippen molar-refractivity contribution in [3.8, 4) is 0 Å². The van der Waals surface area contributed by atoms with Crippen LogP contribution in [0.4, 0.5) is 0 Å². The molecule has 3 aromatic heterocycles. The Morgan fingerprint density at radius 3 is 2.63 bits per heavy atom. The van der Waals surface area contributed by atoms with E-state index in [-0.39, 0.29) is 17.5 Å². The molecule has 3 heterocycles. The SMILES string of the molecule is CC(C)Cn1c(=O)c2sccc2n2c(CCC(=O)N[C@@H](C)c3ccccc3)nnc12. The predicted octanol–water partition coefficient (Wildman–Crippen LogP) is 3.57. The maximum Gasteiger partial charge on any atom is 0.272 e. The topological polar surface area (TPSA) is 81.3 Å². The van der Waals surface area contributed by atoms with Crippen LogP contribution in [0.1, 0.15) is 44.6 Å². The van der Waals surface area contributed by atoms with Gasteiger partial charge in [-0.2, -0.15) is 0 Å². The quantitative estimate of drug-likeness (QED) is 0.493. The van der Waals surface area contributed by atoms with Gasteiger partial charge in [-0.25, -0.2) is 0 Å². The van der Waals surface area contributed by atoms with Crippen LogP contribution in [0, 0.1) is 5.92 Å². The second kappa shape index (κ2) is 8.39. The number of amides is 1. The van der Waals surface area contributed by atoms with Crippen molar-refractivity contribution in [3.05, 3.63) is 63.5 Å². The van der Waals surface area contributed by atoms with Crippen LogP contribution < -0.4 is 10.9 Å². The van der Waals surface area contributed by atoms with Crippen molar-refractivity contribution >= 4 is 33.2 Å². The molecule has 0 radical (unpaired) electrons. The number of rotatable bonds is 7. The number of aromatic nitrogens is 4. The summed E-state index contributed by atoms with van der Waals surface area (Å²) >= 11 is 1.42. The highest BCUT2D eigenvalue weighted by molar-refractivity contribution is 7.17. The molecule has 4 aromatic rings. The number of hydrogen-bond acceptors (Lipinski definition) is 5. The van der Waals surface area contributed by atoms with Gasteiger partial charge in [-0.15, -0.1) is 21.5 Å². The first-order chi connectivity index (χ1) is 14.5. The first-order valence-electron chi connectivity index (χ1n) is 10.1. The van der Waals surface area contributed by atoms with Crippen LogP contribution in [0.3, 0.4) is 0 Å². The summed E-state index contributed by atoms with van der Waals surface area (Å²) in [5.41, 5.74) is 1.84. The van der Waals surface area contributed by atoms with E-state index in [0.29, 0.717) is 41.6 Å². The lowest BCUT2D eigenvalue weighted by atomic mass is 10.1. The zero-order chi connectivity index (χ0) is 21.3. The summed E-state index contributed by atoms with van der Waals surface area (Å²) < 4.78 is 4.30. The van der Waals surface area contributed by atoms with Gasteiger partial charge in [-0.1, -0.05) is 44.2 Å². The molecule has 0 saturated heterocycles. The highest BCUT2D eigenvalue weighted by atomic mass is 32.1. The van der Waals surface area contributed by atoms with Gasteiger partial charge in [0.05, 0.1) is 11.6 Å². The average Bonchev–Trinajstić information content (AvgIpc) is 3.37. The van der Waals surface area contributed by atoms with E-state index in [4.69, 9.17) is 0 Å². The smallest absolute Gasteiger partial charge is 0.272 e. The first kappa shape index (κ1) is 20.3. The fourth-order valence-corrected chi connectivity index (χ4v) is 4.46. The average molecular weight is 424 g/mol. The second-order valence-electron chi connectivity index (χ2n) is 7.90. The molecule has 0 saturated carbocycles. The lowest BCUT2D eigenvalue weighted by molar-refractivity contribution is -0.121. The van der Waals surface area contributed by atoms with E-state index in [2.05, 4.69) is 29.4 Å². The zero-order valence-corrected chi connectivity index (χ0v) is 18.1. The Bertz CT molecular complexity index is 1240. The van der Waals surface area contributed by atoms with Crippen LogP contribution in [0.2, 0.25) is 0 Å². The van der Waals surface area contributed by atoms with Crippen LogP contribution in [0.5, 0.6) is 0 Å². The van der Waals surface area contributed by atoms with E-state index in [1.54, 1.807) is 4.57 Å². The third-order valence-electron chi connectivity index (χ3n) is 5.08. The van der Waals surface area contributed by atoms with Gasteiger partial charge in [0.15, 0.2) is 0 Å². The lowest BCUT2D eigenvalue weighted by Crippen LogP contribution is -2.27. The Hall–Kier alpha value is -3.00. The molecule has 0 aliphatic carbocycles. The van der Waals surface area contributed by atoms with Crippen molar-refractivity contribution in [2.24, 2.45) is 5.92 Å². The maximum absolute atomic E-state index is 12.9. The minimum atomic E-state index is -0.0614.